The lowest BCUT2D eigenvalue weighted by Crippen LogP contribution is -2.49. The van der Waals surface area contributed by atoms with Crippen LogP contribution in [0.1, 0.15) is 50.0 Å². The van der Waals surface area contributed by atoms with Crippen molar-refractivity contribution >= 4 is 5.91 Å². The van der Waals surface area contributed by atoms with E-state index in [4.69, 9.17) is 4.74 Å². The molecule has 1 aromatic carbocycles. The zero-order chi connectivity index (χ0) is 17.2. The van der Waals surface area contributed by atoms with E-state index >= 15 is 0 Å². The van der Waals surface area contributed by atoms with Gasteiger partial charge in [-0.05, 0) is 49.9 Å². The monoisotopic (exact) mass is 346 g/mol. The summed E-state index contributed by atoms with van der Waals surface area (Å²) in [5.41, 5.74) is 0.991. The van der Waals surface area contributed by atoms with Crippen LogP contribution in [-0.2, 0) is 9.53 Å². The Labute approximate surface area is 148 Å². The highest BCUT2D eigenvalue weighted by Crippen LogP contribution is 2.37. The molecule has 4 atom stereocenters. The average molecular weight is 346 g/mol. The van der Waals surface area contributed by atoms with Crippen molar-refractivity contribution in [1.29, 1.82) is 0 Å². The Balaban J connectivity index is 1.62. The van der Waals surface area contributed by atoms with E-state index in [1.165, 1.54) is 18.9 Å². The van der Waals surface area contributed by atoms with Gasteiger partial charge in [0.25, 0.3) is 5.91 Å². The Bertz CT molecular complexity index is 617. The zero-order valence-electron chi connectivity index (χ0n) is 14.6. The van der Waals surface area contributed by atoms with Gasteiger partial charge in [0.1, 0.15) is 11.9 Å². The van der Waals surface area contributed by atoms with Crippen molar-refractivity contribution in [2.45, 2.75) is 62.6 Å². The van der Waals surface area contributed by atoms with Crippen molar-refractivity contribution in [2.75, 3.05) is 19.7 Å². The molecule has 1 amide bonds. The van der Waals surface area contributed by atoms with Crippen molar-refractivity contribution in [1.82, 2.24) is 10.2 Å². The first-order chi connectivity index (χ1) is 12.2. The standard InChI is InChI=1S/C20H27FN2O2/c21-15-7-4-6-14(12-15)16-13-23(20(24)18-9-5-11-25-18)17-8-2-1-3-10-22-19(16)17/h4,6-7,12,16-19,22H,1-3,5,8-11,13H2/t16-,17+,18?,19-/m0/s1. The van der Waals surface area contributed by atoms with Crippen molar-refractivity contribution in [3.63, 3.8) is 0 Å². The number of carbonyl (C=O) groups is 1. The minimum atomic E-state index is -0.280. The summed E-state index contributed by atoms with van der Waals surface area (Å²) >= 11 is 0. The summed E-state index contributed by atoms with van der Waals surface area (Å²) < 4.78 is 19.4. The Morgan fingerprint density at radius 1 is 1.20 bits per heavy atom. The third-order valence-corrected chi connectivity index (χ3v) is 5.96. The van der Waals surface area contributed by atoms with Gasteiger partial charge in [-0.3, -0.25) is 4.79 Å². The quantitative estimate of drug-likeness (QED) is 0.895. The number of ether oxygens (including phenoxy) is 1. The lowest BCUT2D eigenvalue weighted by Gasteiger charge is -2.32. The lowest BCUT2D eigenvalue weighted by molar-refractivity contribution is -0.142. The van der Waals surface area contributed by atoms with Crippen LogP contribution in [-0.4, -0.2) is 48.7 Å². The Morgan fingerprint density at radius 2 is 2.12 bits per heavy atom. The van der Waals surface area contributed by atoms with Crippen LogP contribution in [0.4, 0.5) is 4.39 Å². The number of fused-ring (bicyclic) bond motifs is 1. The Hall–Kier alpha value is -1.46. The molecule has 4 nitrogen and oxygen atoms in total. The summed E-state index contributed by atoms with van der Waals surface area (Å²) in [5, 5.41) is 3.67. The molecule has 5 heteroatoms. The van der Waals surface area contributed by atoms with Crippen molar-refractivity contribution in [2.24, 2.45) is 0 Å². The van der Waals surface area contributed by atoms with Crippen molar-refractivity contribution in [3.8, 4) is 0 Å². The fourth-order valence-electron chi connectivity index (χ4n) is 4.72. The molecule has 0 aromatic heterocycles. The molecule has 3 aliphatic heterocycles. The maximum absolute atomic E-state index is 13.8. The summed E-state index contributed by atoms with van der Waals surface area (Å²) in [6.45, 7) is 2.31. The Kier molecular flexibility index (Phi) is 5.04. The van der Waals surface area contributed by atoms with Crippen LogP contribution in [0.2, 0.25) is 0 Å². The van der Waals surface area contributed by atoms with E-state index in [-0.39, 0.29) is 35.8 Å². The highest BCUT2D eigenvalue weighted by Gasteiger charge is 2.46. The fraction of sp³-hybridized carbons (Fsp3) is 0.650. The number of nitrogens with one attached hydrogen (secondary N) is 1. The molecule has 3 fully saturated rings. The van der Waals surface area contributed by atoms with Gasteiger partial charge in [-0.25, -0.2) is 4.39 Å². The van der Waals surface area contributed by atoms with Gasteiger partial charge in [-0.15, -0.1) is 0 Å². The Morgan fingerprint density at radius 3 is 2.92 bits per heavy atom. The van der Waals surface area contributed by atoms with E-state index in [0.29, 0.717) is 13.2 Å². The van der Waals surface area contributed by atoms with Gasteiger partial charge in [0.05, 0.1) is 0 Å². The van der Waals surface area contributed by atoms with E-state index < -0.39 is 0 Å². The molecule has 0 spiro atoms. The first kappa shape index (κ1) is 17.0. The number of likely N-dealkylation sites (tertiary alicyclic amines) is 1. The molecule has 4 rings (SSSR count). The minimum Gasteiger partial charge on any atom is -0.368 e. The average Bonchev–Trinajstić information content (AvgIpc) is 3.22. The predicted octanol–water partition coefficient (Wildman–Crippen LogP) is 2.83. The SMILES string of the molecule is O=C(C1CCCO1)N1C[C@@H](c2cccc(F)c2)[C@@H]2NCCCCC[C@H]21. The molecule has 1 N–H and O–H groups in total. The summed E-state index contributed by atoms with van der Waals surface area (Å²) in [6, 6.07) is 7.26. The molecule has 0 aliphatic carbocycles. The normalized spacial score (nSPS) is 32.9. The van der Waals surface area contributed by atoms with Gasteiger partial charge in [0.15, 0.2) is 0 Å². The molecule has 0 bridgehead atoms. The maximum atomic E-state index is 13.8. The molecular weight excluding hydrogens is 319 g/mol. The van der Waals surface area contributed by atoms with E-state index in [9.17, 15) is 9.18 Å². The molecule has 1 aromatic rings. The molecule has 136 valence electrons. The molecule has 1 unspecified atom stereocenters. The maximum Gasteiger partial charge on any atom is 0.252 e. The van der Waals surface area contributed by atoms with Gasteiger partial charge in [-0.1, -0.05) is 25.0 Å². The van der Waals surface area contributed by atoms with Crippen LogP contribution in [0.25, 0.3) is 0 Å². The first-order valence-corrected chi connectivity index (χ1v) is 9.65. The number of nitrogens with zero attached hydrogens (tertiary/aromatic N) is 1. The van der Waals surface area contributed by atoms with Gasteiger partial charge in [0, 0.05) is 31.2 Å². The van der Waals surface area contributed by atoms with Crippen LogP contribution < -0.4 is 5.32 Å². The molecule has 25 heavy (non-hydrogen) atoms. The van der Waals surface area contributed by atoms with E-state index in [1.54, 1.807) is 12.1 Å². The van der Waals surface area contributed by atoms with E-state index in [2.05, 4.69) is 5.32 Å². The molecule has 3 heterocycles. The van der Waals surface area contributed by atoms with Gasteiger partial charge in [0.2, 0.25) is 0 Å². The zero-order valence-corrected chi connectivity index (χ0v) is 14.6. The number of halogens is 1. The molecular formula is C20H27FN2O2. The van der Waals surface area contributed by atoms with Gasteiger partial charge < -0.3 is 15.0 Å². The molecule has 0 saturated carbocycles. The summed E-state index contributed by atoms with van der Waals surface area (Å²) in [5.74, 6) is 0.0710. The van der Waals surface area contributed by atoms with Crippen molar-refractivity contribution in [3.05, 3.63) is 35.6 Å². The molecule has 3 aliphatic rings. The largest absolute Gasteiger partial charge is 0.368 e. The minimum absolute atomic E-state index is 0.133. The summed E-state index contributed by atoms with van der Waals surface area (Å²) in [7, 11) is 0. The predicted molar refractivity (Wildman–Crippen MR) is 93.9 cm³/mol. The number of carbonyl (C=O) groups excluding carboxylic acids is 1. The van der Waals surface area contributed by atoms with Crippen LogP contribution in [0.3, 0.4) is 0 Å². The van der Waals surface area contributed by atoms with Crippen LogP contribution >= 0.6 is 0 Å². The third-order valence-electron chi connectivity index (χ3n) is 5.96. The number of hydrogen-bond donors (Lipinski definition) is 1. The second-order valence-electron chi connectivity index (χ2n) is 7.55. The highest BCUT2D eigenvalue weighted by molar-refractivity contribution is 5.82. The number of benzene rings is 1. The number of rotatable bonds is 2. The van der Waals surface area contributed by atoms with Crippen LogP contribution in [0.5, 0.6) is 0 Å². The van der Waals surface area contributed by atoms with E-state index in [1.807, 2.05) is 11.0 Å². The number of hydrogen-bond acceptors (Lipinski definition) is 3. The summed E-state index contributed by atoms with van der Waals surface area (Å²) in [4.78, 5) is 15.1. The van der Waals surface area contributed by atoms with Gasteiger partial charge in [-0.2, -0.15) is 0 Å². The molecule has 3 saturated heterocycles. The topological polar surface area (TPSA) is 41.6 Å². The molecule has 0 radical (unpaired) electrons. The fourth-order valence-corrected chi connectivity index (χ4v) is 4.72. The lowest BCUT2D eigenvalue weighted by atomic mass is 9.88. The van der Waals surface area contributed by atoms with Crippen LogP contribution in [0.15, 0.2) is 24.3 Å². The smallest absolute Gasteiger partial charge is 0.252 e. The second-order valence-corrected chi connectivity index (χ2v) is 7.55. The number of amides is 1. The third kappa shape index (κ3) is 3.44. The highest BCUT2D eigenvalue weighted by atomic mass is 19.1. The van der Waals surface area contributed by atoms with Crippen molar-refractivity contribution < 1.29 is 13.9 Å². The summed E-state index contributed by atoms with van der Waals surface area (Å²) in [6.07, 6.45) is 6.03. The van der Waals surface area contributed by atoms with Crippen LogP contribution in [0, 0.1) is 5.82 Å². The first-order valence-electron chi connectivity index (χ1n) is 9.65. The second kappa shape index (κ2) is 7.42. The van der Waals surface area contributed by atoms with E-state index in [0.717, 1.165) is 37.8 Å². The van der Waals surface area contributed by atoms with Gasteiger partial charge >= 0.3 is 0 Å².